The number of pyridine rings is 1. The number of fused-ring (bicyclic) bond motifs is 1. The van der Waals surface area contributed by atoms with Crippen LogP contribution in [0.2, 0.25) is 5.02 Å². The first kappa shape index (κ1) is 18.7. The molecule has 0 bridgehead atoms. The molecule has 2 fully saturated rings. The number of nitrogens with zero attached hydrogens (tertiary/aromatic N) is 1. The van der Waals surface area contributed by atoms with Gasteiger partial charge in [-0.1, -0.05) is 11.6 Å². The van der Waals surface area contributed by atoms with Crippen LogP contribution in [0.25, 0.3) is 5.52 Å². The van der Waals surface area contributed by atoms with E-state index in [4.69, 9.17) is 16.3 Å². The SMILES string of the molecule is O=C(NCC1CCC(F)(F)CC1)c1cc(C2CCOC2)n2cccc(Cl)c12. The van der Waals surface area contributed by atoms with Gasteiger partial charge in [0, 0.05) is 43.8 Å². The number of hydrogen-bond donors (Lipinski definition) is 1. The fraction of sp³-hybridized carbons (Fsp3) is 0.550. The minimum Gasteiger partial charge on any atom is -0.381 e. The van der Waals surface area contributed by atoms with Gasteiger partial charge in [-0.2, -0.15) is 0 Å². The zero-order chi connectivity index (χ0) is 19.0. The van der Waals surface area contributed by atoms with Crippen molar-refractivity contribution in [3.63, 3.8) is 0 Å². The van der Waals surface area contributed by atoms with E-state index in [0.717, 1.165) is 12.1 Å². The van der Waals surface area contributed by atoms with Crippen molar-refractivity contribution < 1.29 is 18.3 Å². The highest BCUT2D eigenvalue weighted by Crippen LogP contribution is 2.36. The van der Waals surface area contributed by atoms with Gasteiger partial charge >= 0.3 is 0 Å². The Balaban J connectivity index is 1.53. The Bertz CT molecular complexity index is 836. The van der Waals surface area contributed by atoms with E-state index in [-0.39, 0.29) is 30.6 Å². The van der Waals surface area contributed by atoms with Crippen LogP contribution in [0.5, 0.6) is 0 Å². The standard InChI is InChI=1S/C20H23ClF2N2O2/c21-16-2-1-8-25-17(14-5-9-27-12-14)10-15(18(16)25)19(26)24-11-13-3-6-20(22,23)7-4-13/h1-2,8,10,13-14H,3-7,9,11-12H2,(H,24,26). The van der Waals surface area contributed by atoms with Crippen LogP contribution in [-0.4, -0.2) is 36.0 Å². The van der Waals surface area contributed by atoms with Crippen LogP contribution in [0.4, 0.5) is 8.78 Å². The summed E-state index contributed by atoms with van der Waals surface area (Å²) >= 11 is 6.39. The highest BCUT2D eigenvalue weighted by molar-refractivity contribution is 6.34. The van der Waals surface area contributed by atoms with Gasteiger partial charge in [0.2, 0.25) is 5.92 Å². The van der Waals surface area contributed by atoms with Gasteiger partial charge in [-0.3, -0.25) is 4.79 Å². The third kappa shape index (κ3) is 3.83. The second-order valence-corrected chi connectivity index (χ2v) is 8.03. The summed E-state index contributed by atoms with van der Waals surface area (Å²) in [6, 6.07) is 5.52. The molecule has 0 aromatic carbocycles. The van der Waals surface area contributed by atoms with Gasteiger partial charge in [0.15, 0.2) is 0 Å². The smallest absolute Gasteiger partial charge is 0.253 e. The first-order valence-electron chi connectivity index (χ1n) is 9.48. The number of halogens is 3. The molecule has 1 saturated carbocycles. The van der Waals surface area contributed by atoms with E-state index in [2.05, 4.69) is 5.32 Å². The zero-order valence-corrected chi connectivity index (χ0v) is 15.8. The molecule has 4 rings (SSSR count). The predicted octanol–water partition coefficient (Wildman–Crippen LogP) is 4.65. The largest absolute Gasteiger partial charge is 0.381 e. The number of carbonyl (C=O) groups is 1. The maximum Gasteiger partial charge on any atom is 0.253 e. The normalized spacial score (nSPS) is 23.0. The Morgan fingerprint density at radius 2 is 2.11 bits per heavy atom. The van der Waals surface area contributed by atoms with Crippen molar-refractivity contribution in [2.45, 2.75) is 43.9 Å². The number of ether oxygens (including phenoxy) is 1. The van der Waals surface area contributed by atoms with Crippen LogP contribution in [0.1, 0.15) is 54.1 Å². The number of nitrogens with one attached hydrogen (secondary N) is 1. The molecule has 1 amide bonds. The van der Waals surface area contributed by atoms with Crippen molar-refractivity contribution in [1.29, 1.82) is 0 Å². The Labute approximate surface area is 161 Å². The van der Waals surface area contributed by atoms with Crippen molar-refractivity contribution in [3.8, 4) is 0 Å². The number of amides is 1. The van der Waals surface area contributed by atoms with Crippen molar-refractivity contribution in [2.75, 3.05) is 19.8 Å². The Morgan fingerprint density at radius 3 is 2.81 bits per heavy atom. The van der Waals surface area contributed by atoms with Crippen molar-refractivity contribution >= 4 is 23.0 Å². The molecule has 3 heterocycles. The molecule has 1 N–H and O–H groups in total. The van der Waals surface area contributed by atoms with Crippen LogP contribution in [-0.2, 0) is 4.74 Å². The van der Waals surface area contributed by atoms with Gasteiger partial charge in [-0.25, -0.2) is 8.78 Å². The van der Waals surface area contributed by atoms with E-state index in [0.29, 0.717) is 48.7 Å². The van der Waals surface area contributed by atoms with Crippen LogP contribution in [0, 0.1) is 5.92 Å². The Hall–Kier alpha value is -1.66. The van der Waals surface area contributed by atoms with Gasteiger partial charge in [0.1, 0.15) is 0 Å². The van der Waals surface area contributed by atoms with E-state index >= 15 is 0 Å². The number of rotatable bonds is 4. The Kier molecular flexibility index (Phi) is 5.12. The molecular formula is C20H23ClF2N2O2. The molecule has 1 unspecified atom stereocenters. The molecule has 1 saturated heterocycles. The lowest BCUT2D eigenvalue weighted by Gasteiger charge is -2.28. The summed E-state index contributed by atoms with van der Waals surface area (Å²) in [4.78, 5) is 12.8. The number of alkyl halides is 2. The van der Waals surface area contributed by atoms with E-state index in [1.165, 1.54) is 0 Å². The first-order chi connectivity index (χ1) is 12.9. The van der Waals surface area contributed by atoms with E-state index < -0.39 is 5.92 Å². The lowest BCUT2D eigenvalue weighted by atomic mass is 9.87. The van der Waals surface area contributed by atoms with E-state index in [9.17, 15) is 13.6 Å². The highest BCUT2D eigenvalue weighted by Gasteiger charge is 2.35. The third-order valence-corrected chi connectivity index (χ3v) is 6.06. The van der Waals surface area contributed by atoms with Crippen LogP contribution in [0.3, 0.4) is 0 Å². The topological polar surface area (TPSA) is 42.7 Å². The predicted molar refractivity (Wildman–Crippen MR) is 99.8 cm³/mol. The summed E-state index contributed by atoms with van der Waals surface area (Å²) in [6.45, 7) is 1.76. The van der Waals surface area contributed by atoms with Crippen molar-refractivity contribution in [3.05, 3.63) is 40.7 Å². The summed E-state index contributed by atoms with van der Waals surface area (Å²) in [7, 11) is 0. The summed E-state index contributed by atoms with van der Waals surface area (Å²) in [5.74, 6) is -2.42. The van der Waals surface area contributed by atoms with E-state index in [1.807, 2.05) is 22.7 Å². The number of aromatic nitrogens is 1. The first-order valence-corrected chi connectivity index (χ1v) is 9.86. The number of carbonyl (C=O) groups excluding carboxylic acids is 1. The molecule has 2 aromatic rings. The summed E-state index contributed by atoms with van der Waals surface area (Å²) in [5.41, 5.74) is 2.24. The minimum absolute atomic E-state index is 0.0969. The van der Waals surface area contributed by atoms with Crippen LogP contribution >= 0.6 is 11.6 Å². The molecule has 1 aliphatic carbocycles. The lowest BCUT2D eigenvalue weighted by Crippen LogP contribution is -2.33. The molecule has 7 heteroatoms. The number of hydrogen-bond acceptors (Lipinski definition) is 2. The molecule has 146 valence electrons. The molecule has 2 aromatic heterocycles. The average molecular weight is 397 g/mol. The highest BCUT2D eigenvalue weighted by atomic mass is 35.5. The van der Waals surface area contributed by atoms with Gasteiger partial charge < -0.3 is 14.5 Å². The lowest BCUT2D eigenvalue weighted by molar-refractivity contribution is -0.0452. The second kappa shape index (κ2) is 7.40. The van der Waals surface area contributed by atoms with Crippen LogP contribution in [0.15, 0.2) is 24.4 Å². The molecule has 1 aliphatic heterocycles. The van der Waals surface area contributed by atoms with E-state index in [1.54, 1.807) is 6.07 Å². The average Bonchev–Trinajstić information content (AvgIpc) is 3.28. The zero-order valence-electron chi connectivity index (χ0n) is 15.0. The molecule has 4 nitrogen and oxygen atoms in total. The molecule has 2 aliphatic rings. The summed E-state index contributed by atoms with van der Waals surface area (Å²) in [6.07, 6.45) is 3.51. The van der Waals surface area contributed by atoms with Gasteiger partial charge in [0.05, 0.1) is 22.7 Å². The maximum absolute atomic E-state index is 13.3. The molecule has 1 atom stereocenters. The fourth-order valence-corrected chi connectivity index (χ4v) is 4.40. The molecule has 0 spiro atoms. The molecule has 0 radical (unpaired) electrons. The fourth-order valence-electron chi connectivity index (χ4n) is 4.13. The van der Waals surface area contributed by atoms with Gasteiger partial charge in [-0.15, -0.1) is 0 Å². The van der Waals surface area contributed by atoms with Crippen molar-refractivity contribution in [2.24, 2.45) is 5.92 Å². The molecular weight excluding hydrogens is 374 g/mol. The summed E-state index contributed by atoms with van der Waals surface area (Å²) < 4.78 is 34.1. The maximum atomic E-state index is 13.3. The van der Waals surface area contributed by atoms with Gasteiger partial charge in [-0.05, 0) is 43.4 Å². The third-order valence-electron chi connectivity index (χ3n) is 5.75. The van der Waals surface area contributed by atoms with Gasteiger partial charge in [0.25, 0.3) is 5.91 Å². The minimum atomic E-state index is -2.55. The summed E-state index contributed by atoms with van der Waals surface area (Å²) in [5, 5.41) is 3.45. The van der Waals surface area contributed by atoms with Crippen molar-refractivity contribution in [1.82, 2.24) is 9.72 Å². The monoisotopic (exact) mass is 396 g/mol. The second-order valence-electron chi connectivity index (χ2n) is 7.63. The Morgan fingerprint density at radius 1 is 1.33 bits per heavy atom. The van der Waals surface area contributed by atoms with Crippen LogP contribution < -0.4 is 5.32 Å². The quantitative estimate of drug-likeness (QED) is 0.817. The molecule has 27 heavy (non-hydrogen) atoms.